The van der Waals surface area contributed by atoms with Crippen molar-refractivity contribution in [3.63, 3.8) is 0 Å². The second-order valence-electron chi connectivity index (χ2n) is 5.74. The van der Waals surface area contributed by atoms with Crippen LogP contribution < -0.4 is 15.5 Å². The molecular weight excluding hydrogens is 266 g/mol. The summed E-state index contributed by atoms with van der Waals surface area (Å²) in [5.74, 6) is 1.74. The molecule has 1 aromatic rings. The van der Waals surface area contributed by atoms with Gasteiger partial charge in [0.2, 0.25) is 17.8 Å². The molecule has 1 atom stereocenters. The monoisotopic (exact) mass is 291 g/mol. The van der Waals surface area contributed by atoms with Gasteiger partial charge in [-0.05, 0) is 33.2 Å². The lowest BCUT2D eigenvalue weighted by Gasteiger charge is -2.37. The molecule has 2 N–H and O–H groups in total. The number of rotatable bonds is 4. The number of fused-ring (bicyclic) bond motifs is 1. The summed E-state index contributed by atoms with van der Waals surface area (Å²) >= 11 is 0. The van der Waals surface area contributed by atoms with E-state index in [1.807, 2.05) is 0 Å². The average Bonchev–Trinajstić information content (AvgIpc) is 2.95. The molecule has 0 spiro atoms. The molecule has 0 radical (unpaired) electrons. The molecule has 2 saturated heterocycles. The van der Waals surface area contributed by atoms with Crippen LogP contribution in [0.3, 0.4) is 0 Å². The minimum absolute atomic E-state index is 0.316. The zero-order valence-electron chi connectivity index (χ0n) is 13.0. The third kappa shape index (κ3) is 2.88. The topological polar surface area (TPSA) is 74.4 Å². The largest absolute Gasteiger partial charge is 0.368 e. The number of nitrogens with two attached hydrogens (primary N) is 1. The summed E-state index contributed by atoms with van der Waals surface area (Å²) in [6.07, 6.45) is 2.59. The van der Waals surface area contributed by atoms with E-state index in [0.29, 0.717) is 17.9 Å². The Labute approximate surface area is 126 Å². The van der Waals surface area contributed by atoms with Gasteiger partial charge in [0.15, 0.2) is 0 Å². The van der Waals surface area contributed by atoms with Crippen LogP contribution in [0.1, 0.15) is 26.7 Å². The van der Waals surface area contributed by atoms with Crippen LogP contribution in [0.15, 0.2) is 0 Å². The smallest absolute Gasteiger partial charge is 0.232 e. The fourth-order valence-electron chi connectivity index (χ4n) is 3.33. The molecule has 2 fully saturated rings. The highest BCUT2D eigenvalue weighted by molar-refractivity contribution is 5.44. The van der Waals surface area contributed by atoms with Crippen molar-refractivity contribution in [1.82, 2.24) is 19.9 Å². The Balaban J connectivity index is 1.81. The molecule has 7 heteroatoms. The van der Waals surface area contributed by atoms with E-state index in [-0.39, 0.29) is 0 Å². The highest BCUT2D eigenvalue weighted by atomic mass is 15.4. The molecule has 3 heterocycles. The lowest BCUT2D eigenvalue weighted by Crippen LogP contribution is -2.50. The van der Waals surface area contributed by atoms with Crippen molar-refractivity contribution < 1.29 is 0 Å². The minimum Gasteiger partial charge on any atom is -0.368 e. The number of piperazine rings is 1. The molecule has 2 aliphatic rings. The molecule has 0 aliphatic carbocycles. The summed E-state index contributed by atoms with van der Waals surface area (Å²) in [6.45, 7) is 10.2. The van der Waals surface area contributed by atoms with Crippen molar-refractivity contribution in [3.8, 4) is 0 Å². The number of hydrogen-bond donors (Lipinski definition) is 1. The average molecular weight is 291 g/mol. The summed E-state index contributed by atoms with van der Waals surface area (Å²) in [5.41, 5.74) is 5.89. The Morgan fingerprint density at radius 3 is 2.71 bits per heavy atom. The lowest BCUT2D eigenvalue weighted by atomic mass is 10.2. The van der Waals surface area contributed by atoms with Gasteiger partial charge in [0.1, 0.15) is 0 Å². The van der Waals surface area contributed by atoms with Crippen molar-refractivity contribution in [1.29, 1.82) is 0 Å². The van der Waals surface area contributed by atoms with Gasteiger partial charge in [-0.2, -0.15) is 15.0 Å². The van der Waals surface area contributed by atoms with E-state index < -0.39 is 0 Å². The second-order valence-corrected chi connectivity index (χ2v) is 5.74. The second kappa shape index (κ2) is 6.01. The Morgan fingerprint density at radius 1 is 1.14 bits per heavy atom. The zero-order valence-corrected chi connectivity index (χ0v) is 13.0. The molecule has 1 unspecified atom stereocenters. The predicted octanol–water partition coefficient (Wildman–Crippen LogP) is 0.584. The molecule has 7 nitrogen and oxygen atoms in total. The quantitative estimate of drug-likeness (QED) is 0.870. The Bertz CT molecular complexity index is 488. The van der Waals surface area contributed by atoms with Crippen LogP contribution in [0.4, 0.5) is 17.8 Å². The van der Waals surface area contributed by atoms with Gasteiger partial charge < -0.3 is 15.5 Å². The maximum Gasteiger partial charge on any atom is 0.232 e. The normalized spacial score (nSPS) is 22.4. The third-order valence-corrected chi connectivity index (χ3v) is 4.55. The maximum absolute atomic E-state index is 5.89. The molecule has 21 heavy (non-hydrogen) atoms. The van der Waals surface area contributed by atoms with Crippen LogP contribution in [-0.2, 0) is 0 Å². The first-order valence-electron chi connectivity index (χ1n) is 7.96. The first-order chi connectivity index (χ1) is 10.2. The first-order valence-corrected chi connectivity index (χ1v) is 7.96. The van der Waals surface area contributed by atoms with E-state index in [2.05, 4.69) is 43.5 Å². The van der Waals surface area contributed by atoms with Crippen LogP contribution in [0.2, 0.25) is 0 Å². The highest BCUT2D eigenvalue weighted by Crippen LogP contribution is 2.24. The number of nitrogens with zero attached hydrogens (tertiary/aromatic N) is 6. The molecule has 3 rings (SSSR count). The van der Waals surface area contributed by atoms with Crippen LogP contribution in [0, 0.1) is 0 Å². The van der Waals surface area contributed by atoms with E-state index >= 15 is 0 Å². The van der Waals surface area contributed by atoms with E-state index in [9.17, 15) is 0 Å². The van der Waals surface area contributed by atoms with Crippen molar-refractivity contribution in [2.75, 3.05) is 54.8 Å². The highest BCUT2D eigenvalue weighted by Gasteiger charge is 2.31. The van der Waals surface area contributed by atoms with Crippen molar-refractivity contribution in [2.24, 2.45) is 0 Å². The first kappa shape index (κ1) is 14.3. The van der Waals surface area contributed by atoms with Crippen LogP contribution in [-0.4, -0.2) is 65.2 Å². The molecule has 116 valence electrons. The van der Waals surface area contributed by atoms with Crippen molar-refractivity contribution >= 4 is 17.8 Å². The molecule has 0 amide bonds. The van der Waals surface area contributed by atoms with Gasteiger partial charge in [0.05, 0.1) is 0 Å². The SMILES string of the molecule is CCN(CC)c1nc(N)nc(N2CCN3CCCC3C2)n1. The Kier molecular flexibility index (Phi) is 4.10. The van der Waals surface area contributed by atoms with Gasteiger partial charge in [-0.1, -0.05) is 0 Å². The van der Waals surface area contributed by atoms with E-state index in [1.165, 1.54) is 19.4 Å². The maximum atomic E-state index is 5.89. The number of nitrogen functional groups attached to an aromatic ring is 1. The number of aromatic nitrogens is 3. The van der Waals surface area contributed by atoms with E-state index in [4.69, 9.17) is 5.73 Å². The summed E-state index contributed by atoms with van der Waals surface area (Å²) in [7, 11) is 0. The Morgan fingerprint density at radius 2 is 1.95 bits per heavy atom. The summed E-state index contributed by atoms with van der Waals surface area (Å²) in [6, 6.07) is 0.647. The van der Waals surface area contributed by atoms with Crippen molar-refractivity contribution in [3.05, 3.63) is 0 Å². The minimum atomic E-state index is 0.316. The molecule has 1 aromatic heterocycles. The molecule has 0 saturated carbocycles. The van der Waals surface area contributed by atoms with Crippen LogP contribution in [0.5, 0.6) is 0 Å². The Hall–Kier alpha value is -1.63. The third-order valence-electron chi connectivity index (χ3n) is 4.55. The molecule has 2 aliphatic heterocycles. The summed E-state index contributed by atoms with van der Waals surface area (Å²) in [5, 5.41) is 0. The van der Waals surface area contributed by atoms with E-state index in [1.54, 1.807) is 0 Å². The van der Waals surface area contributed by atoms with Crippen LogP contribution >= 0.6 is 0 Å². The number of hydrogen-bond acceptors (Lipinski definition) is 7. The van der Waals surface area contributed by atoms with Crippen molar-refractivity contribution in [2.45, 2.75) is 32.7 Å². The zero-order chi connectivity index (χ0) is 14.8. The standard InChI is InChI=1S/C14H25N7/c1-3-19(4-2)13-16-12(15)17-14(18-13)21-9-8-20-7-5-6-11(20)10-21/h11H,3-10H2,1-2H3,(H2,15,16,17,18). The van der Waals surface area contributed by atoms with Gasteiger partial charge in [0, 0.05) is 38.8 Å². The van der Waals surface area contributed by atoms with Gasteiger partial charge in [-0.25, -0.2) is 0 Å². The van der Waals surface area contributed by atoms with Gasteiger partial charge in [-0.15, -0.1) is 0 Å². The van der Waals surface area contributed by atoms with Gasteiger partial charge >= 0.3 is 0 Å². The molecular formula is C14H25N7. The van der Waals surface area contributed by atoms with Gasteiger partial charge in [0.25, 0.3) is 0 Å². The van der Waals surface area contributed by atoms with E-state index in [0.717, 1.165) is 38.7 Å². The number of anilines is 3. The predicted molar refractivity (Wildman–Crippen MR) is 84.6 cm³/mol. The summed E-state index contributed by atoms with van der Waals surface area (Å²) in [4.78, 5) is 20.2. The molecule has 0 aromatic carbocycles. The fourth-order valence-corrected chi connectivity index (χ4v) is 3.33. The fraction of sp³-hybridized carbons (Fsp3) is 0.786. The summed E-state index contributed by atoms with van der Waals surface area (Å²) < 4.78 is 0. The van der Waals surface area contributed by atoms with Gasteiger partial charge in [-0.3, -0.25) is 4.90 Å². The molecule has 0 bridgehead atoms. The van der Waals surface area contributed by atoms with Crippen LogP contribution in [0.25, 0.3) is 0 Å². The lowest BCUT2D eigenvalue weighted by molar-refractivity contribution is 0.229.